The molecule has 0 N–H and O–H groups in total. The summed E-state index contributed by atoms with van der Waals surface area (Å²) < 4.78 is 5.87. The summed E-state index contributed by atoms with van der Waals surface area (Å²) in [6.45, 7) is 0. The number of amides is 2. The minimum Gasteiger partial charge on any atom is -0.455 e. The normalized spacial score (nSPS) is 24.1. The largest absolute Gasteiger partial charge is 0.455 e. The molecule has 0 saturated carbocycles. The molecule has 0 spiro atoms. The van der Waals surface area contributed by atoms with Crippen LogP contribution in [0.2, 0.25) is 5.02 Å². The Morgan fingerprint density at radius 1 is 0.714 bits per heavy atom. The predicted molar refractivity (Wildman–Crippen MR) is 132 cm³/mol. The molecule has 4 aromatic rings. The van der Waals surface area contributed by atoms with E-state index in [0.29, 0.717) is 16.5 Å². The molecule has 2 amide bonds. The van der Waals surface area contributed by atoms with E-state index in [1.807, 2.05) is 42.5 Å². The van der Waals surface area contributed by atoms with Gasteiger partial charge in [-0.2, -0.15) is 10.1 Å². The van der Waals surface area contributed by atoms with E-state index in [-0.39, 0.29) is 23.7 Å². The Morgan fingerprint density at radius 2 is 1.23 bits per heavy atom. The van der Waals surface area contributed by atoms with Crippen LogP contribution in [0.25, 0.3) is 11.3 Å². The second-order valence-corrected chi connectivity index (χ2v) is 9.64. The van der Waals surface area contributed by atoms with Crippen LogP contribution >= 0.6 is 11.6 Å². The van der Waals surface area contributed by atoms with Gasteiger partial charge in [0.15, 0.2) is 0 Å². The van der Waals surface area contributed by atoms with Crippen molar-refractivity contribution in [2.75, 3.05) is 0 Å². The van der Waals surface area contributed by atoms with E-state index < -0.39 is 11.8 Å². The van der Waals surface area contributed by atoms with Crippen molar-refractivity contribution in [2.45, 2.75) is 11.8 Å². The second kappa shape index (κ2) is 7.52. The lowest BCUT2D eigenvalue weighted by Crippen LogP contribution is -2.41. The topological polar surface area (TPSA) is 62.9 Å². The van der Waals surface area contributed by atoms with E-state index in [1.54, 1.807) is 18.2 Å². The zero-order chi connectivity index (χ0) is 23.7. The number of furan rings is 1. The Kier molecular flexibility index (Phi) is 4.39. The van der Waals surface area contributed by atoms with Gasteiger partial charge in [-0.3, -0.25) is 9.59 Å². The molecule has 1 aromatic heterocycles. The van der Waals surface area contributed by atoms with Crippen molar-refractivity contribution in [2.24, 2.45) is 16.9 Å². The lowest BCUT2D eigenvalue weighted by atomic mass is 9.55. The van der Waals surface area contributed by atoms with Crippen LogP contribution in [-0.4, -0.2) is 23.0 Å². The standard InChI is InChI=1S/C29H19ClN2O3/c30-17-11-9-16(10-12-17)23-14-13-18(35-23)15-31-32-28(33)26-24-19-5-1-2-6-20(19)25(27(26)29(32)34)22-8-4-3-7-21(22)24/h1-15,24-27H/b31-15-/t24?,25?,26-,27+. The van der Waals surface area contributed by atoms with Crippen LogP contribution in [0.4, 0.5) is 0 Å². The molecule has 1 aliphatic heterocycles. The molecule has 2 heterocycles. The van der Waals surface area contributed by atoms with Gasteiger partial charge in [-0.05, 0) is 58.7 Å². The maximum absolute atomic E-state index is 13.6. The van der Waals surface area contributed by atoms with Crippen molar-refractivity contribution >= 4 is 29.6 Å². The smallest absolute Gasteiger partial charge is 0.254 e. The van der Waals surface area contributed by atoms with E-state index in [9.17, 15) is 9.59 Å². The molecule has 35 heavy (non-hydrogen) atoms. The van der Waals surface area contributed by atoms with Gasteiger partial charge in [-0.25, -0.2) is 0 Å². The van der Waals surface area contributed by atoms with Gasteiger partial charge >= 0.3 is 0 Å². The zero-order valence-corrected chi connectivity index (χ0v) is 19.2. The molecular formula is C29H19ClN2O3. The summed E-state index contributed by atoms with van der Waals surface area (Å²) in [5.74, 6) is -0.575. The number of carbonyl (C=O) groups is 2. The predicted octanol–water partition coefficient (Wildman–Crippen LogP) is 5.83. The van der Waals surface area contributed by atoms with E-state index in [2.05, 4.69) is 29.4 Å². The molecule has 3 aromatic carbocycles. The maximum Gasteiger partial charge on any atom is 0.254 e. The van der Waals surface area contributed by atoms with Crippen molar-refractivity contribution < 1.29 is 14.0 Å². The summed E-state index contributed by atoms with van der Waals surface area (Å²) in [6, 6.07) is 27.3. The third kappa shape index (κ3) is 2.91. The van der Waals surface area contributed by atoms with Crippen molar-refractivity contribution in [1.29, 1.82) is 0 Å². The average molecular weight is 479 g/mol. The van der Waals surface area contributed by atoms with Gasteiger partial charge in [0.05, 0.1) is 18.1 Å². The number of imide groups is 1. The summed E-state index contributed by atoms with van der Waals surface area (Å²) in [5, 5.41) is 6.02. The first kappa shape index (κ1) is 20.4. The number of rotatable bonds is 3. The van der Waals surface area contributed by atoms with Crippen LogP contribution in [0.1, 0.15) is 39.8 Å². The number of halogens is 1. The molecule has 0 unspecified atom stereocenters. The van der Waals surface area contributed by atoms with Crippen molar-refractivity contribution in [3.8, 4) is 11.3 Å². The Hall–Kier alpha value is -3.96. The summed E-state index contributed by atoms with van der Waals surface area (Å²) in [5.41, 5.74) is 5.44. The molecule has 1 saturated heterocycles. The first-order valence-corrected chi connectivity index (χ1v) is 11.9. The minimum atomic E-state index is -0.448. The van der Waals surface area contributed by atoms with Gasteiger partial charge in [0, 0.05) is 22.4 Å². The highest BCUT2D eigenvalue weighted by Crippen LogP contribution is 2.60. The molecular weight excluding hydrogens is 460 g/mol. The van der Waals surface area contributed by atoms with Gasteiger partial charge in [-0.1, -0.05) is 60.1 Å². The van der Waals surface area contributed by atoms with Gasteiger partial charge in [0.25, 0.3) is 11.8 Å². The molecule has 6 heteroatoms. The second-order valence-electron chi connectivity index (χ2n) is 9.21. The molecule has 3 aliphatic carbocycles. The maximum atomic E-state index is 13.6. The summed E-state index contributed by atoms with van der Waals surface area (Å²) in [4.78, 5) is 27.2. The fraction of sp³-hybridized carbons (Fsp3) is 0.138. The van der Waals surface area contributed by atoms with E-state index in [0.717, 1.165) is 32.8 Å². The van der Waals surface area contributed by atoms with Gasteiger partial charge in [0.2, 0.25) is 0 Å². The lowest BCUT2D eigenvalue weighted by Gasteiger charge is -2.45. The molecule has 5 nitrogen and oxygen atoms in total. The number of benzene rings is 3. The average Bonchev–Trinajstić information content (AvgIpc) is 3.46. The molecule has 2 bridgehead atoms. The Morgan fingerprint density at radius 3 is 1.74 bits per heavy atom. The van der Waals surface area contributed by atoms with E-state index >= 15 is 0 Å². The summed E-state index contributed by atoms with van der Waals surface area (Å²) in [6.07, 6.45) is 1.44. The third-order valence-corrected chi connectivity index (χ3v) is 7.73. The number of hydrogen-bond donors (Lipinski definition) is 0. The van der Waals surface area contributed by atoms with Crippen LogP contribution in [-0.2, 0) is 9.59 Å². The van der Waals surface area contributed by atoms with Crippen LogP contribution in [0, 0.1) is 11.8 Å². The molecule has 8 rings (SSSR count). The molecule has 2 atom stereocenters. The van der Waals surface area contributed by atoms with Gasteiger partial charge in [0.1, 0.15) is 11.5 Å². The highest BCUT2D eigenvalue weighted by atomic mass is 35.5. The summed E-state index contributed by atoms with van der Waals surface area (Å²) >= 11 is 5.97. The number of carbonyl (C=O) groups excluding carboxylic acids is 2. The van der Waals surface area contributed by atoms with Crippen molar-refractivity contribution in [3.05, 3.63) is 118 Å². The van der Waals surface area contributed by atoms with Crippen molar-refractivity contribution in [3.63, 3.8) is 0 Å². The zero-order valence-electron chi connectivity index (χ0n) is 18.5. The third-order valence-electron chi connectivity index (χ3n) is 7.48. The highest BCUT2D eigenvalue weighted by molar-refractivity contribution is 6.30. The quantitative estimate of drug-likeness (QED) is 0.275. The first-order chi connectivity index (χ1) is 17.1. The minimum absolute atomic E-state index is 0.144. The number of hydrogen-bond acceptors (Lipinski definition) is 4. The fourth-order valence-electron chi connectivity index (χ4n) is 6.08. The molecule has 170 valence electrons. The first-order valence-electron chi connectivity index (χ1n) is 11.6. The number of nitrogens with zero attached hydrogens (tertiary/aromatic N) is 2. The summed E-state index contributed by atoms with van der Waals surface area (Å²) in [7, 11) is 0. The Balaban J connectivity index is 1.23. The van der Waals surface area contributed by atoms with Crippen LogP contribution in [0.15, 0.2) is 94.4 Å². The van der Waals surface area contributed by atoms with E-state index in [4.69, 9.17) is 16.0 Å². The van der Waals surface area contributed by atoms with Gasteiger partial charge in [-0.15, -0.1) is 0 Å². The fourth-order valence-corrected chi connectivity index (χ4v) is 6.21. The highest BCUT2D eigenvalue weighted by Gasteiger charge is 2.61. The molecule has 1 fully saturated rings. The van der Waals surface area contributed by atoms with Gasteiger partial charge < -0.3 is 4.42 Å². The van der Waals surface area contributed by atoms with Crippen LogP contribution < -0.4 is 0 Å². The van der Waals surface area contributed by atoms with Crippen LogP contribution in [0.5, 0.6) is 0 Å². The Bertz CT molecular complexity index is 1420. The van der Waals surface area contributed by atoms with E-state index in [1.165, 1.54) is 6.21 Å². The Labute approximate surface area is 206 Å². The van der Waals surface area contributed by atoms with Crippen LogP contribution in [0.3, 0.4) is 0 Å². The molecule has 0 radical (unpaired) electrons. The number of hydrazone groups is 1. The van der Waals surface area contributed by atoms with Crippen molar-refractivity contribution in [1.82, 2.24) is 5.01 Å². The SMILES string of the molecule is O=C1[C@@H]2C3c4ccccc4C(c4ccccc43)[C@@H]2C(=O)N1/N=C\c1ccc(-c2ccc(Cl)cc2)o1. The molecule has 4 aliphatic rings. The lowest BCUT2D eigenvalue weighted by molar-refractivity contribution is -0.139. The monoisotopic (exact) mass is 478 g/mol.